The molecular weight excluding hydrogens is 238 g/mol. The van der Waals surface area contributed by atoms with Crippen molar-refractivity contribution >= 4 is 5.97 Å². The number of hydrogen-bond acceptors (Lipinski definition) is 2. The third-order valence-corrected chi connectivity index (χ3v) is 4.36. The molecule has 1 heterocycles. The molecule has 0 unspecified atom stereocenters. The Hall–Kier alpha value is -1.35. The minimum Gasteiger partial charge on any atom is -0.481 e. The van der Waals surface area contributed by atoms with E-state index in [-0.39, 0.29) is 0 Å². The molecular formula is C16H23NO2. The summed E-state index contributed by atoms with van der Waals surface area (Å²) in [4.78, 5) is 13.6. The number of carboxylic acid groups (broad SMARTS) is 1. The van der Waals surface area contributed by atoms with E-state index in [4.69, 9.17) is 0 Å². The highest BCUT2D eigenvalue weighted by Crippen LogP contribution is 2.30. The van der Waals surface area contributed by atoms with Gasteiger partial charge in [-0.15, -0.1) is 0 Å². The summed E-state index contributed by atoms with van der Waals surface area (Å²) in [5.41, 5.74) is 1.40. The van der Waals surface area contributed by atoms with E-state index in [9.17, 15) is 9.90 Å². The highest BCUT2D eigenvalue weighted by molar-refractivity contribution is 5.80. The Bertz CT molecular complexity index is 442. The second-order valence-electron chi connectivity index (χ2n) is 6.13. The smallest absolute Gasteiger partial charge is 0.313 e. The summed E-state index contributed by atoms with van der Waals surface area (Å²) in [6, 6.07) is 8.16. The van der Waals surface area contributed by atoms with E-state index >= 15 is 0 Å². The summed E-state index contributed by atoms with van der Waals surface area (Å²) in [7, 11) is 2.16. The van der Waals surface area contributed by atoms with Crippen LogP contribution in [-0.2, 0) is 10.2 Å². The normalized spacial score (nSPS) is 18.5. The molecule has 3 nitrogen and oxygen atoms in total. The number of benzene rings is 1. The maximum Gasteiger partial charge on any atom is 0.313 e. The van der Waals surface area contributed by atoms with Crippen LogP contribution in [-0.4, -0.2) is 36.1 Å². The number of aliphatic carboxylic acids is 1. The molecule has 0 bridgehead atoms. The maximum atomic E-state index is 11.2. The number of piperidine rings is 1. The summed E-state index contributed by atoms with van der Waals surface area (Å²) in [6.45, 7) is 5.79. The first kappa shape index (κ1) is 14.1. The van der Waals surface area contributed by atoms with Crippen molar-refractivity contribution in [2.45, 2.75) is 38.0 Å². The highest BCUT2D eigenvalue weighted by atomic mass is 16.4. The predicted molar refractivity (Wildman–Crippen MR) is 76.6 cm³/mol. The molecule has 1 aliphatic rings. The number of carboxylic acids is 1. The van der Waals surface area contributed by atoms with E-state index < -0.39 is 11.4 Å². The average molecular weight is 261 g/mol. The third kappa shape index (κ3) is 2.98. The van der Waals surface area contributed by atoms with Crippen molar-refractivity contribution in [2.75, 3.05) is 20.1 Å². The van der Waals surface area contributed by atoms with Gasteiger partial charge in [-0.3, -0.25) is 4.79 Å². The zero-order valence-corrected chi connectivity index (χ0v) is 12.0. The van der Waals surface area contributed by atoms with Crippen molar-refractivity contribution in [1.29, 1.82) is 0 Å². The number of carbonyl (C=O) groups is 1. The SMILES string of the molecule is CN1CCC(c2ccc(C(C)(C)C(=O)O)cc2)CC1. The average Bonchev–Trinajstić information content (AvgIpc) is 2.39. The fourth-order valence-corrected chi connectivity index (χ4v) is 2.64. The van der Waals surface area contributed by atoms with Crippen molar-refractivity contribution in [3.63, 3.8) is 0 Å². The molecule has 1 aromatic carbocycles. The van der Waals surface area contributed by atoms with E-state index in [2.05, 4.69) is 24.1 Å². The first-order valence-electron chi connectivity index (χ1n) is 6.93. The van der Waals surface area contributed by atoms with Crippen molar-refractivity contribution < 1.29 is 9.90 Å². The minimum absolute atomic E-state index is 0.623. The van der Waals surface area contributed by atoms with Crippen LogP contribution in [0.2, 0.25) is 0 Å². The lowest BCUT2D eigenvalue weighted by molar-refractivity contribution is -0.142. The van der Waals surface area contributed by atoms with Gasteiger partial charge in [0.1, 0.15) is 0 Å². The molecule has 1 aliphatic heterocycles. The Morgan fingerprint density at radius 3 is 2.21 bits per heavy atom. The fourth-order valence-electron chi connectivity index (χ4n) is 2.64. The van der Waals surface area contributed by atoms with Crippen LogP contribution < -0.4 is 0 Å². The lowest BCUT2D eigenvalue weighted by Gasteiger charge is -2.29. The summed E-state index contributed by atoms with van der Waals surface area (Å²) in [5, 5.41) is 9.24. The molecule has 1 saturated heterocycles. The number of likely N-dealkylation sites (tertiary alicyclic amines) is 1. The van der Waals surface area contributed by atoms with Crippen LogP contribution in [0.5, 0.6) is 0 Å². The van der Waals surface area contributed by atoms with Gasteiger partial charge in [0.05, 0.1) is 5.41 Å². The number of hydrogen-bond donors (Lipinski definition) is 1. The van der Waals surface area contributed by atoms with Crippen LogP contribution in [0.15, 0.2) is 24.3 Å². The van der Waals surface area contributed by atoms with Crippen molar-refractivity contribution in [3.8, 4) is 0 Å². The zero-order chi connectivity index (χ0) is 14.0. The fraction of sp³-hybridized carbons (Fsp3) is 0.562. The zero-order valence-electron chi connectivity index (χ0n) is 12.0. The molecule has 0 saturated carbocycles. The molecule has 1 fully saturated rings. The van der Waals surface area contributed by atoms with Crippen LogP contribution in [0.3, 0.4) is 0 Å². The van der Waals surface area contributed by atoms with E-state index in [1.54, 1.807) is 13.8 Å². The van der Waals surface area contributed by atoms with Crippen LogP contribution in [0.4, 0.5) is 0 Å². The summed E-state index contributed by atoms with van der Waals surface area (Å²) in [5.74, 6) is -0.155. The Morgan fingerprint density at radius 2 is 1.74 bits per heavy atom. The molecule has 0 aliphatic carbocycles. The molecule has 3 heteroatoms. The monoisotopic (exact) mass is 261 g/mol. The van der Waals surface area contributed by atoms with Gasteiger partial charge < -0.3 is 10.0 Å². The predicted octanol–water partition coefficient (Wildman–Crippen LogP) is 2.86. The molecule has 2 rings (SSSR count). The van der Waals surface area contributed by atoms with Crippen molar-refractivity contribution in [1.82, 2.24) is 4.90 Å². The van der Waals surface area contributed by atoms with Gasteiger partial charge in [0, 0.05) is 0 Å². The third-order valence-electron chi connectivity index (χ3n) is 4.36. The van der Waals surface area contributed by atoms with Gasteiger partial charge in [0.15, 0.2) is 0 Å². The molecule has 0 radical (unpaired) electrons. The molecule has 1 N–H and O–H groups in total. The lowest BCUT2D eigenvalue weighted by Crippen LogP contribution is -2.30. The Balaban J connectivity index is 2.13. The van der Waals surface area contributed by atoms with Crippen molar-refractivity contribution in [2.24, 2.45) is 0 Å². The maximum absolute atomic E-state index is 11.2. The molecule has 0 atom stereocenters. The second-order valence-corrected chi connectivity index (χ2v) is 6.13. The van der Waals surface area contributed by atoms with Crippen LogP contribution in [0.1, 0.15) is 43.7 Å². The summed E-state index contributed by atoms with van der Waals surface area (Å²) in [6.07, 6.45) is 2.39. The van der Waals surface area contributed by atoms with Gasteiger partial charge in [0.25, 0.3) is 0 Å². The number of rotatable bonds is 3. The largest absolute Gasteiger partial charge is 0.481 e. The molecule has 1 aromatic rings. The van der Waals surface area contributed by atoms with Gasteiger partial charge in [0.2, 0.25) is 0 Å². The minimum atomic E-state index is -0.814. The molecule has 104 valence electrons. The lowest BCUT2D eigenvalue weighted by atomic mass is 9.82. The number of nitrogens with zero attached hydrogens (tertiary/aromatic N) is 1. The first-order chi connectivity index (χ1) is 8.91. The molecule has 0 amide bonds. The summed E-state index contributed by atoms with van der Waals surface area (Å²) >= 11 is 0. The first-order valence-corrected chi connectivity index (χ1v) is 6.93. The Morgan fingerprint density at radius 1 is 1.21 bits per heavy atom. The molecule has 0 aromatic heterocycles. The molecule has 19 heavy (non-hydrogen) atoms. The van der Waals surface area contributed by atoms with Gasteiger partial charge in [-0.05, 0) is 63.9 Å². The summed E-state index contributed by atoms with van der Waals surface area (Å²) < 4.78 is 0. The van der Waals surface area contributed by atoms with Gasteiger partial charge in [-0.25, -0.2) is 0 Å². The van der Waals surface area contributed by atoms with E-state index in [1.807, 2.05) is 12.1 Å². The topological polar surface area (TPSA) is 40.5 Å². The van der Waals surface area contributed by atoms with Crippen LogP contribution in [0, 0.1) is 0 Å². The molecule has 0 spiro atoms. The van der Waals surface area contributed by atoms with E-state index in [0.717, 1.165) is 18.7 Å². The standard InChI is InChI=1S/C16H23NO2/c1-16(2,15(18)19)14-6-4-12(5-7-14)13-8-10-17(3)11-9-13/h4-7,13H,8-11H2,1-3H3,(H,18,19). The quantitative estimate of drug-likeness (QED) is 0.909. The highest BCUT2D eigenvalue weighted by Gasteiger charge is 2.29. The van der Waals surface area contributed by atoms with Gasteiger partial charge >= 0.3 is 5.97 Å². The van der Waals surface area contributed by atoms with Crippen LogP contribution in [0.25, 0.3) is 0 Å². The van der Waals surface area contributed by atoms with E-state index in [0.29, 0.717) is 5.92 Å². The second kappa shape index (κ2) is 5.33. The van der Waals surface area contributed by atoms with Gasteiger partial charge in [-0.1, -0.05) is 24.3 Å². The van der Waals surface area contributed by atoms with Crippen molar-refractivity contribution in [3.05, 3.63) is 35.4 Å². The van der Waals surface area contributed by atoms with Crippen LogP contribution >= 0.6 is 0 Å². The Labute approximate surface area is 115 Å². The van der Waals surface area contributed by atoms with Gasteiger partial charge in [-0.2, -0.15) is 0 Å². The Kier molecular flexibility index (Phi) is 3.95. The van der Waals surface area contributed by atoms with E-state index in [1.165, 1.54) is 18.4 Å².